The van der Waals surface area contributed by atoms with Gasteiger partial charge < -0.3 is 15.5 Å². The molecule has 0 saturated heterocycles. The molecular weight excluding hydrogens is 194 g/mol. The molecule has 2 unspecified atom stereocenters. The van der Waals surface area contributed by atoms with Crippen LogP contribution in [0.25, 0.3) is 0 Å². The monoisotopic (exact) mass is 217 g/mol. The van der Waals surface area contributed by atoms with Gasteiger partial charge in [-0.25, -0.2) is 0 Å². The van der Waals surface area contributed by atoms with Gasteiger partial charge in [0.15, 0.2) is 0 Å². The number of hydrogen-bond acceptors (Lipinski definition) is 3. The topological polar surface area (TPSA) is 69.6 Å². The Morgan fingerprint density at radius 1 is 1.47 bits per heavy atom. The van der Waals surface area contributed by atoms with Crippen LogP contribution in [0.2, 0.25) is 0 Å². The molecule has 2 atom stereocenters. The molecule has 0 heterocycles. The zero-order valence-electron chi connectivity index (χ0n) is 10.1. The quantitative estimate of drug-likeness (QED) is 0.600. The highest BCUT2D eigenvalue weighted by Crippen LogP contribution is 2.15. The van der Waals surface area contributed by atoms with Gasteiger partial charge in [-0.2, -0.15) is 0 Å². The fourth-order valence-electron chi connectivity index (χ4n) is 1.14. The number of carboxylic acids is 1. The molecule has 3 N–H and O–H groups in total. The lowest BCUT2D eigenvalue weighted by Crippen LogP contribution is -2.48. The highest BCUT2D eigenvalue weighted by atomic mass is 16.4. The van der Waals surface area contributed by atoms with Crippen molar-refractivity contribution in [1.29, 1.82) is 0 Å². The number of aliphatic hydroxyl groups is 1. The summed E-state index contributed by atoms with van der Waals surface area (Å²) < 4.78 is 0. The Bertz CT molecular complexity index is 202. The van der Waals surface area contributed by atoms with E-state index in [1.807, 2.05) is 20.8 Å². The molecule has 15 heavy (non-hydrogen) atoms. The molecule has 90 valence electrons. The van der Waals surface area contributed by atoms with Crippen LogP contribution in [0.1, 0.15) is 40.5 Å². The Hall–Kier alpha value is -0.610. The average Bonchev–Trinajstić information content (AvgIpc) is 2.11. The van der Waals surface area contributed by atoms with Crippen LogP contribution in [-0.4, -0.2) is 34.4 Å². The molecule has 0 fully saturated rings. The van der Waals surface area contributed by atoms with E-state index in [1.165, 1.54) is 0 Å². The normalized spacial score (nSPS) is 17.5. The van der Waals surface area contributed by atoms with Gasteiger partial charge in [0.1, 0.15) is 6.04 Å². The molecule has 0 spiro atoms. The minimum absolute atomic E-state index is 0.0982. The number of hydrogen-bond donors (Lipinski definition) is 3. The zero-order chi connectivity index (χ0) is 12.1. The Morgan fingerprint density at radius 2 is 2.00 bits per heavy atom. The van der Waals surface area contributed by atoms with Gasteiger partial charge >= 0.3 is 5.97 Å². The lowest BCUT2D eigenvalue weighted by atomic mass is 9.92. The zero-order valence-corrected chi connectivity index (χ0v) is 10.1. The molecule has 4 heteroatoms. The van der Waals surface area contributed by atoms with Crippen molar-refractivity contribution in [3.63, 3.8) is 0 Å². The summed E-state index contributed by atoms with van der Waals surface area (Å²) in [5.41, 5.74) is -0.860. The summed E-state index contributed by atoms with van der Waals surface area (Å²) in [5, 5.41) is 21.7. The molecule has 4 nitrogen and oxygen atoms in total. The van der Waals surface area contributed by atoms with Gasteiger partial charge in [-0.15, -0.1) is 0 Å². The van der Waals surface area contributed by atoms with Gasteiger partial charge in [0.05, 0.1) is 5.60 Å². The lowest BCUT2D eigenvalue weighted by Gasteiger charge is -2.29. The van der Waals surface area contributed by atoms with Gasteiger partial charge in [0.25, 0.3) is 0 Å². The predicted molar refractivity (Wildman–Crippen MR) is 59.8 cm³/mol. The van der Waals surface area contributed by atoms with Crippen molar-refractivity contribution < 1.29 is 15.0 Å². The lowest BCUT2D eigenvalue weighted by molar-refractivity contribution is -0.140. The maximum Gasteiger partial charge on any atom is 0.320 e. The van der Waals surface area contributed by atoms with Gasteiger partial charge in [0, 0.05) is 6.54 Å². The van der Waals surface area contributed by atoms with Crippen LogP contribution >= 0.6 is 0 Å². The summed E-state index contributed by atoms with van der Waals surface area (Å²) in [6.07, 6.45) is 1.40. The number of aliphatic carboxylic acids is 1. The Labute approximate surface area is 91.7 Å². The molecule has 0 aromatic rings. The fraction of sp³-hybridized carbons (Fsp3) is 0.909. The van der Waals surface area contributed by atoms with Crippen molar-refractivity contribution in [3.05, 3.63) is 0 Å². The van der Waals surface area contributed by atoms with E-state index in [9.17, 15) is 9.90 Å². The highest BCUT2D eigenvalue weighted by Gasteiger charge is 2.27. The van der Waals surface area contributed by atoms with Crippen LogP contribution in [0.3, 0.4) is 0 Å². The Balaban J connectivity index is 4.15. The van der Waals surface area contributed by atoms with Gasteiger partial charge in [-0.05, 0) is 19.3 Å². The molecule has 0 bridgehead atoms. The first-order valence-electron chi connectivity index (χ1n) is 5.49. The molecule has 0 rings (SSSR count). The van der Waals surface area contributed by atoms with Crippen molar-refractivity contribution in [2.24, 2.45) is 5.92 Å². The Morgan fingerprint density at radius 3 is 2.33 bits per heavy atom. The summed E-state index contributed by atoms with van der Waals surface area (Å²) in [6, 6.07) is -0.555. The van der Waals surface area contributed by atoms with Crippen molar-refractivity contribution in [2.45, 2.75) is 52.2 Å². The summed E-state index contributed by atoms with van der Waals surface area (Å²) >= 11 is 0. The van der Waals surface area contributed by atoms with Crippen molar-refractivity contribution in [1.82, 2.24) is 5.32 Å². The third kappa shape index (κ3) is 5.14. The average molecular weight is 217 g/mol. The summed E-state index contributed by atoms with van der Waals surface area (Å²) in [7, 11) is 0. The molecule has 0 aliphatic heterocycles. The summed E-state index contributed by atoms with van der Waals surface area (Å²) in [5.74, 6) is -0.752. The third-order valence-electron chi connectivity index (χ3n) is 2.83. The van der Waals surface area contributed by atoms with E-state index in [2.05, 4.69) is 5.32 Å². The van der Waals surface area contributed by atoms with Gasteiger partial charge in [-0.1, -0.05) is 27.2 Å². The summed E-state index contributed by atoms with van der Waals surface area (Å²) in [6.45, 7) is 7.80. The molecule has 0 amide bonds. The van der Waals surface area contributed by atoms with Crippen LogP contribution in [0.15, 0.2) is 0 Å². The maximum absolute atomic E-state index is 10.8. The van der Waals surface area contributed by atoms with E-state index < -0.39 is 17.6 Å². The second-order valence-electron chi connectivity index (χ2n) is 4.57. The number of rotatable bonds is 7. The molecule has 0 aromatic carbocycles. The predicted octanol–water partition coefficient (Wildman–Crippen LogP) is 1.24. The van der Waals surface area contributed by atoms with E-state index in [-0.39, 0.29) is 5.92 Å². The van der Waals surface area contributed by atoms with Gasteiger partial charge in [-0.3, -0.25) is 4.79 Å². The first kappa shape index (κ1) is 14.4. The van der Waals surface area contributed by atoms with E-state index in [0.29, 0.717) is 13.0 Å². The second-order valence-corrected chi connectivity index (χ2v) is 4.57. The molecule has 0 saturated carbocycles. The summed E-state index contributed by atoms with van der Waals surface area (Å²) in [4.78, 5) is 10.8. The smallest absolute Gasteiger partial charge is 0.320 e. The minimum Gasteiger partial charge on any atom is -0.480 e. The fourth-order valence-corrected chi connectivity index (χ4v) is 1.14. The SMILES string of the molecule is CCCC(NCC(C)(O)C(C)C)C(=O)O. The number of carboxylic acid groups (broad SMARTS) is 1. The minimum atomic E-state index is -0.860. The van der Waals surface area contributed by atoms with E-state index in [4.69, 9.17) is 5.11 Å². The van der Waals surface area contributed by atoms with Crippen LogP contribution in [0, 0.1) is 5.92 Å². The van der Waals surface area contributed by atoms with Crippen LogP contribution in [0.4, 0.5) is 0 Å². The highest BCUT2D eigenvalue weighted by molar-refractivity contribution is 5.73. The van der Waals surface area contributed by atoms with Crippen LogP contribution in [-0.2, 0) is 4.79 Å². The number of nitrogens with one attached hydrogen (secondary N) is 1. The first-order chi connectivity index (χ1) is 6.81. The first-order valence-corrected chi connectivity index (χ1v) is 5.49. The molecule has 0 aliphatic rings. The third-order valence-corrected chi connectivity index (χ3v) is 2.83. The van der Waals surface area contributed by atoms with Crippen LogP contribution in [0.5, 0.6) is 0 Å². The molecule has 0 aliphatic carbocycles. The van der Waals surface area contributed by atoms with E-state index in [1.54, 1.807) is 6.92 Å². The largest absolute Gasteiger partial charge is 0.480 e. The second kappa shape index (κ2) is 6.08. The van der Waals surface area contributed by atoms with Crippen molar-refractivity contribution in [3.8, 4) is 0 Å². The molecule has 0 aromatic heterocycles. The van der Waals surface area contributed by atoms with Crippen molar-refractivity contribution >= 4 is 5.97 Å². The standard InChI is InChI=1S/C11H23NO3/c1-5-6-9(10(13)14)12-7-11(4,15)8(2)3/h8-9,12,15H,5-7H2,1-4H3,(H,13,14). The molecule has 0 radical (unpaired) electrons. The molecular formula is C11H23NO3. The Kier molecular flexibility index (Phi) is 5.83. The maximum atomic E-state index is 10.8. The van der Waals surface area contributed by atoms with E-state index in [0.717, 1.165) is 6.42 Å². The van der Waals surface area contributed by atoms with E-state index >= 15 is 0 Å². The van der Waals surface area contributed by atoms with Gasteiger partial charge in [0.2, 0.25) is 0 Å². The van der Waals surface area contributed by atoms with Crippen LogP contribution < -0.4 is 5.32 Å². The number of carbonyl (C=O) groups is 1. The van der Waals surface area contributed by atoms with Crippen molar-refractivity contribution in [2.75, 3.05) is 6.54 Å².